The molecule has 0 unspecified atom stereocenters. The van der Waals surface area contributed by atoms with Crippen molar-refractivity contribution in [3.8, 4) is 0 Å². The van der Waals surface area contributed by atoms with E-state index in [9.17, 15) is 8.42 Å². The SMILES string of the molecule is CC(C)(C)NS(=O)(=O)c1ccccc1CNCc1ccccc1Cl. The molecular formula is C18H23ClN2O2S. The summed E-state index contributed by atoms with van der Waals surface area (Å²) >= 11 is 6.14. The number of nitrogens with one attached hydrogen (secondary N) is 2. The van der Waals surface area contributed by atoms with Crippen molar-refractivity contribution in [1.29, 1.82) is 0 Å². The first-order valence-electron chi connectivity index (χ1n) is 7.75. The first-order chi connectivity index (χ1) is 11.2. The monoisotopic (exact) mass is 366 g/mol. The molecular weight excluding hydrogens is 344 g/mol. The van der Waals surface area contributed by atoms with Crippen LogP contribution in [0.4, 0.5) is 0 Å². The van der Waals surface area contributed by atoms with Gasteiger partial charge in [0.1, 0.15) is 0 Å². The van der Waals surface area contributed by atoms with Crippen molar-refractivity contribution in [1.82, 2.24) is 10.0 Å². The summed E-state index contributed by atoms with van der Waals surface area (Å²) in [7, 11) is -3.57. The summed E-state index contributed by atoms with van der Waals surface area (Å²) in [6.07, 6.45) is 0. The highest BCUT2D eigenvalue weighted by Gasteiger charge is 2.23. The Bertz CT molecular complexity index is 799. The Labute approximate surface area is 149 Å². The van der Waals surface area contributed by atoms with Gasteiger partial charge < -0.3 is 5.32 Å². The van der Waals surface area contributed by atoms with Crippen LogP contribution in [-0.4, -0.2) is 14.0 Å². The normalized spacial score (nSPS) is 12.3. The van der Waals surface area contributed by atoms with E-state index in [1.807, 2.05) is 57.2 Å². The number of benzene rings is 2. The van der Waals surface area contributed by atoms with Crippen molar-refractivity contribution in [3.05, 3.63) is 64.7 Å². The molecule has 0 radical (unpaired) electrons. The van der Waals surface area contributed by atoms with Gasteiger partial charge in [-0.2, -0.15) is 0 Å². The van der Waals surface area contributed by atoms with E-state index in [0.29, 0.717) is 23.0 Å². The van der Waals surface area contributed by atoms with Crippen LogP contribution in [-0.2, 0) is 23.1 Å². The number of sulfonamides is 1. The zero-order chi connectivity index (χ0) is 17.8. The fourth-order valence-electron chi connectivity index (χ4n) is 2.34. The van der Waals surface area contributed by atoms with Crippen LogP contribution in [0.25, 0.3) is 0 Å². The van der Waals surface area contributed by atoms with Crippen molar-refractivity contribution in [2.75, 3.05) is 0 Å². The average molecular weight is 367 g/mol. The molecule has 0 amide bonds. The minimum absolute atomic E-state index is 0.298. The Morgan fingerprint density at radius 1 is 0.917 bits per heavy atom. The van der Waals surface area contributed by atoms with Crippen molar-refractivity contribution < 1.29 is 8.42 Å². The highest BCUT2D eigenvalue weighted by molar-refractivity contribution is 7.89. The second-order valence-electron chi connectivity index (χ2n) is 6.66. The molecule has 0 aliphatic heterocycles. The van der Waals surface area contributed by atoms with E-state index in [1.165, 1.54) is 0 Å². The largest absolute Gasteiger partial charge is 0.309 e. The fraction of sp³-hybridized carbons (Fsp3) is 0.333. The van der Waals surface area contributed by atoms with Crippen LogP contribution in [0.5, 0.6) is 0 Å². The summed E-state index contributed by atoms with van der Waals surface area (Å²) in [5.74, 6) is 0. The summed E-state index contributed by atoms with van der Waals surface area (Å²) in [5, 5.41) is 3.95. The van der Waals surface area contributed by atoms with Crippen molar-refractivity contribution in [2.24, 2.45) is 0 Å². The molecule has 2 rings (SSSR count). The third-order valence-electron chi connectivity index (χ3n) is 3.29. The molecule has 0 saturated carbocycles. The number of hydrogen-bond acceptors (Lipinski definition) is 3. The van der Waals surface area contributed by atoms with Crippen LogP contribution in [0.1, 0.15) is 31.9 Å². The maximum absolute atomic E-state index is 12.6. The predicted octanol–water partition coefficient (Wildman–Crippen LogP) is 3.71. The van der Waals surface area contributed by atoms with Gasteiger partial charge in [0.15, 0.2) is 0 Å². The van der Waals surface area contributed by atoms with Gasteiger partial charge in [0.2, 0.25) is 10.0 Å². The molecule has 0 aromatic heterocycles. The fourth-order valence-corrected chi connectivity index (χ4v) is 4.21. The number of rotatable bonds is 6. The van der Waals surface area contributed by atoms with E-state index in [4.69, 9.17) is 11.6 Å². The smallest absolute Gasteiger partial charge is 0.241 e. The van der Waals surface area contributed by atoms with E-state index in [2.05, 4.69) is 10.0 Å². The summed E-state index contributed by atoms with van der Waals surface area (Å²) in [5.41, 5.74) is 1.17. The van der Waals surface area contributed by atoms with Gasteiger partial charge in [-0.15, -0.1) is 0 Å². The zero-order valence-electron chi connectivity index (χ0n) is 14.1. The first-order valence-corrected chi connectivity index (χ1v) is 9.61. The third-order valence-corrected chi connectivity index (χ3v) is 5.52. The molecule has 0 heterocycles. The van der Waals surface area contributed by atoms with Crippen LogP contribution in [0.2, 0.25) is 5.02 Å². The molecule has 2 aromatic rings. The molecule has 24 heavy (non-hydrogen) atoms. The Kier molecular flexibility index (Phi) is 6.04. The van der Waals surface area contributed by atoms with Crippen LogP contribution in [0.3, 0.4) is 0 Å². The zero-order valence-corrected chi connectivity index (χ0v) is 15.7. The Morgan fingerprint density at radius 3 is 2.08 bits per heavy atom. The lowest BCUT2D eigenvalue weighted by Gasteiger charge is -2.21. The van der Waals surface area contributed by atoms with Crippen LogP contribution < -0.4 is 10.0 Å². The molecule has 0 aliphatic rings. The Hall–Kier alpha value is -1.40. The summed E-state index contributed by atoms with van der Waals surface area (Å²) < 4.78 is 27.9. The van der Waals surface area contributed by atoms with Gasteiger partial charge in [-0.05, 0) is 44.0 Å². The average Bonchev–Trinajstić information content (AvgIpc) is 2.47. The maximum Gasteiger partial charge on any atom is 0.241 e. The molecule has 130 valence electrons. The van der Waals surface area contributed by atoms with Gasteiger partial charge in [-0.3, -0.25) is 0 Å². The van der Waals surface area contributed by atoms with Gasteiger partial charge in [0.05, 0.1) is 4.90 Å². The standard InChI is InChI=1S/C18H23ClN2O2S/c1-18(2,3)21-24(22,23)17-11-7-5-9-15(17)13-20-12-14-8-4-6-10-16(14)19/h4-11,20-21H,12-13H2,1-3H3. The van der Waals surface area contributed by atoms with Crippen molar-refractivity contribution in [2.45, 2.75) is 44.3 Å². The molecule has 0 saturated heterocycles. The van der Waals surface area contributed by atoms with Crippen LogP contribution in [0.15, 0.2) is 53.4 Å². The van der Waals surface area contributed by atoms with Gasteiger partial charge in [0.25, 0.3) is 0 Å². The minimum Gasteiger partial charge on any atom is -0.309 e. The van der Waals surface area contributed by atoms with Crippen molar-refractivity contribution in [3.63, 3.8) is 0 Å². The van der Waals surface area contributed by atoms with Gasteiger partial charge in [0, 0.05) is 23.7 Å². The van der Waals surface area contributed by atoms with Gasteiger partial charge >= 0.3 is 0 Å². The third kappa shape index (κ3) is 5.31. The lowest BCUT2D eigenvalue weighted by molar-refractivity contribution is 0.490. The molecule has 0 atom stereocenters. The Balaban J connectivity index is 2.13. The molecule has 4 nitrogen and oxygen atoms in total. The second kappa shape index (κ2) is 7.66. The van der Waals surface area contributed by atoms with E-state index >= 15 is 0 Å². The van der Waals surface area contributed by atoms with Crippen LogP contribution >= 0.6 is 11.6 Å². The van der Waals surface area contributed by atoms with E-state index in [-0.39, 0.29) is 0 Å². The first kappa shape index (κ1) is 18.9. The van der Waals surface area contributed by atoms with E-state index < -0.39 is 15.6 Å². The number of hydrogen-bond donors (Lipinski definition) is 2. The molecule has 0 fully saturated rings. The van der Waals surface area contributed by atoms with Crippen LogP contribution in [0, 0.1) is 0 Å². The Morgan fingerprint density at radius 2 is 1.46 bits per heavy atom. The summed E-state index contributed by atoms with van der Waals surface area (Å²) in [4.78, 5) is 0.298. The van der Waals surface area contributed by atoms with Gasteiger partial charge in [-0.1, -0.05) is 48.0 Å². The topological polar surface area (TPSA) is 58.2 Å². The summed E-state index contributed by atoms with van der Waals surface area (Å²) in [6, 6.07) is 14.6. The van der Waals surface area contributed by atoms with Gasteiger partial charge in [-0.25, -0.2) is 13.1 Å². The molecule has 6 heteroatoms. The van der Waals surface area contributed by atoms with E-state index in [1.54, 1.807) is 12.1 Å². The highest BCUT2D eigenvalue weighted by Crippen LogP contribution is 2.19. The van der Waals surface area contributed by atoms with Crippen molar-refractivity contribution >= 4 is 21.6 Å². The maximum atomic E-state index is 12.6. The lowest BCUT2D eigenvalue weighted by atomic mass is 10.1. The molecule has 2 aromatic carbocycles. The van der Waals surface area contributed by atoms with E-state index in [0.717, 1.165) is 11.1 Å². The molecule has 0 bridgehead atoms. The molecule has 0 aliphatic carbocycles. The minimum atomic E-state index is -3.57. The lowest BCUT2D eigenvalue weighted by Crippen LogP contribution is -2.40. The molecule has 2 N–H and O–H groups in total. The quantitative estimate of drug-likeness (QED) is 0.819. The second-order valence-corrected chi connectivity index (χ2v) is 8.72. The highest BCUT2D eigenvalue weighted by atomic mass is 35.5. The number of halogens is 1. The predicted molar refractivity (Wildman–Crippen MR) is 98.5 cm³/mol. The summed E-state index contributed by atoms with van der Waals surface area (Å²) in [6.45, 7) is 6.47. The molecule has 0 spiro atoms.